The van der Waals surface area contributed by atoms with Crippen LogP contribution >= 0.6 is 23.4 Å². The van der Waals surface area contributed by atoms with E-state index in [9.17, 15) is 0 Å². The molecule has 4 heteroatoms. The maximum Gasteiger partial charge on any atom is 0.0641 e. The molecule has 2 atom stereocenters. The number of hydrogen-bond donors (Lipinski definition) is 1. The first-order valence-corrected chi connectivity index (χ1v) is 8.72. The number of ether oxygens (including phenoxy) is 1. The summed E-state index contributed by atoms with van der Waals surface area (Å²) < 4.78 is 5.81. The van der Waals surface area contributed by atoms with Gasteiger partial charge in [-0.25, -0.2) is 0 Å². The lowest BCUT2D eigenvalue weighted by atomic mass is 9.92. The molecule has 1 fully saturated rings. The van der Waals surface area contributed by atoms with Gasteiger partial charge in [0.1, 0.15) is 0 Å². The van der Waals surface area contributed by atoms with E-state index in [1.165, 1.54) is 22.6 Å². The molecule has 0 spiro atoms. The van der Waals surface area contributed by atoms with Gasteiger partial charge >= 0.3 is 0 Å². The fraction of sp³-hybridized carbons (Fsp3) is 0.625. The molecule has 1 saturated heterocycles. The lowest BCUT2D eigenvalue weighted by molar-refractivity contribution is -0.0643. The molecule has 0 amide bonds. The highest BCUT2D eigenvalue weighted by atomic mass is 35.5. The van der Waals surface area contributed by atoms with E-state index in [0.717, 1.165) is 24.5 Å². The third-order valence-electron chi connectivity index (χ3n) is 4.15. The summed E-state index contributed by atoms with van der Waals surface area (Å²) in [5.41, 5.74) is 1.37. The molecule has 0 saturated carbocycles. The van der Waals surface area contributed by atoms with Crippen LogP contribution in [0, 0.1) is 0 Å². The molecule has 0 bridgehead atoms. The van der Waals surface area contributed by atoms with E-state index in [0.29, 0.717) is 12.1 Å². The Morgan fingerprint density at radius 2 is 2.20 bits per heavy atom. The van der Waals surface area contributed by atoms with Crippen LogP contribution in [0.25, 0.3) is 0 Å². The minimum atomic E-state index is -0.00348. The average molecular weight is 312 g/mol. The molecule has 2 heterocycles. The van der Waals surface area contributed by atoms with Crippen LogP contribution in [0.15, 0.2) is 23.1 Å². The largest absolute Gasteiger partial charge is 0.375 e. The summed E-state index contributed by atoms with van der Waals surface area (Å²) in [5, 5.41) is 4.68. The maximum absolute atomic E-state index is 6.17. The molecule has 20 heavy (non-hydrogen) atoms. The highest BCUT2D eigenvalue weighted by Gasteiger charge is 2.31. The molecule has 1 aromatic carbocycles. The highest BCUT2D eigenvalue weighted by molar-refractivity contribution is 7.99. The van der Waals surface area contributed by atoms with Crippen molar-refractivity contribution in [2.24, 2.45) is 0 Å². The van der Waals surface area contributed by atoms with Gasteiger partial charge in [0.05, 0.1) is 5.60 Å². The normalized spacial score (nSPS) is 28.9. The number of benzene rings is 1. The fourth-order valence-corrected chi connectivity index (χ4v) is 4.48. The van der Waals surface area contributed by atoms with Crippen molar-refractivity contribution in [1.29, 1.82) is 0 Å². The van der Waals surface area contributed by atoms with Gasteiger partial charge in [-0.15, -0.1) is 11.8 Å². The zero-order valence-corrected chi connectivity index (χ0v) is 13.7. The van der Waals surface area contributed by atoms with Crippen LogP contribution in [0.4, 0.5) is 0 Å². The van der Waals surface area contributed by atoms with E-state index in [2.05, 4.69) is 31.3 Å². The van der Waals surface area contributed by atoms with Gasteiger partial charge < -0.3 is 10.1 Å². The molecule has 2 unspecified atom stereocenters. The van der Waals surface area contributed by atoms with Gasteiger partial charge in [-0.1, -0.05) is 11.6 Å². The number of rotatable bonds is 2. The van der Waals surface area contributed by atoms with Gasteiger partial charge in [-0.05, 0) is 62.6 Å². The number of thioether (sulfide) groups is 1. The van der Waals surface area contributed by atoms with Crippen molar-refractivity contribution in [3.8, 4) is 0 Å². The second kappa shape index (κ2) is 5.88. The molecule has 0 aliphatic carbocycles. The smallest absolute Gasteiger partial charge is 0.0641 e. The van der Waals surface area contributed by atoms with Crippen molar-refractivity contribution in [2.45, 2.75) is 55.7 Å². The Labute approximate surface area is 130 Å². The molecule has 0 radical (unpaired) electrons. The second-order valence-electron chi connectivity index (χ2n) is 6.34. The molecule has 2 aliphatic heterocycles. The van der Waals surface area contributed by atoms with Gasteiger partial charge in [-0.2, -0.15) is 0 Å². The van der Waals surface area contributed by atoms with Crippen LogP contribution in [0.1, 0.15) is 44.7 Å². The Balaban J connectivity index is 1.74. The van der Waals surface area contributed by atoms with Crippen LogP contribution in [0.2, 0.25) is 5.02 Å². The number of nitrogens with one attached hydrogen (secondary N) is 1. The van der Waals surface area contributed by atoms with Gasteiger partial charge in [0, 0.05) is 28.6 Å². The Morgan fingerprint density at radius 1 is 1.35 bits per heavy atom. The maximum atomic E-state index is 6.17. The third-order valence-corrected chi connectivity index (χ3v) is 5.50. The first-order valence-electron chi connectivity index (χ1n) is 7.36. The van der Waals surface area contributed by atoms with Crippen molar-refractivity contribution < 1.29 is 4.74 Å². The standard InChI is InChI=1S/C16H22ClNOS/c1-16(2)10-12(5-7-19-16)18-14-6-8-20-15-4-3-11(17)9-13(14)15/h3-4,9,12,14,18H,5-8,10H2,1-2H3. The van der Waals surface area contributed by atoms with E-state index in [-0.39, 0.29) is 5.60 Å². The summed E-state index contributed by atoms with van der Waals surface area (Å²) in [4.78, 5) is 1.38. The predicted molar refractivity (Wildman–Crippen MR) is 85.7 cm³/mol. The predicted octanol–water partition coefficient (Wildman–Crippen LogP) is 4.42. The van der Waals surface area contributed by atoms with Crippen LogP contribution in [0.5, 0.6) is 0 Å². The second-order valence-corrected chi connectivity index (χ2v) is 7.91. The molecule has 1 N–H and O–H groups in total. The van der Waals surface area contributed by atoms with Crippen LogP contribution in [-0.2, 0) is 4.74 Å². The van der Waals surface area contributed by atoms with E-state index in [1.807, 2.05) is 17.8 Å². The lowest BCUT2D eigenvalue weighted by Gasteiger charge is -2.38. The van der Waals surface area contributed by atoms with E-state index >= 15 is 0 Å². The monoisotopic (exact) mass is 311 g/mol. The average Bonchev–Trinajstić information content (AvgIpc) is 2.38. The summed E-state index contributed by atoms with van der Waals surface area (Å²) in [6, 6.07) is 7.25. The fourth-order valence-electron chi connectivity index (χ4n) is 3.20. The summed E-state index contributed by atoms with van der Waals surface area (Å²) in [6.45, 7) is 5.22. The molecule has 2 nitrogen and oxygen atoms in total. The van der Waals surface area contributed by atoms with Crippen LogP contribution < -0.4 is 5.32 Å². The Morgan fingerprint density at radius 3 is 3.00 bits per heavy atom. The number of halogens is 1. The van der Waals surface area contributed by atoms with Crippen molar-refractivity contribution >= 4 is 23.4 Å². The van der Waals surface area contributed by atoms with Gasteiger partial charge in [0.2, 0.25) is 0 Å². The molecule has 2 aliphatic rings. The van der Waals surface area contributed by atoms with Gasteiger partial charge in [-0.3, -0.25) is 0 Å². The van der Waals surface area contributed by atoms with Crippen LogP contribution in [-0.4, -0.2) is 24.0 Å². The zero-order valence-electron chi connectivity index (χ0n) is 12.1. The molecule has 110 valence electrons. The van der Waals surface area contributed by atoms with E-state index in [1.54, 1.807) is 0 Å². The summed E-state index contributed by atoms with van der Waals surface area (Å²) in [7, 11) is 0. The van der Waals surface area contributed by atoms with Crippen molar-refractivity contribution in [3.05, 3.63) is 28.8 Å². The first kappa shape index (κ1) is 14.7. The van der Waals surface area contributed by atoms with Crippen molar-refractivity contribution in [1.82, 2.24) is 5.32 Å². The van der Waals surface area contributed by atoms with E-state index < -0.39 is 0 Å². The summed E-state index contributed by atoms with van der Waals surface area (Å²) >= 11 is 8.11. The van der Waals surface area contributed by atoms with Gasteiger partial charge in [0.15, 0.2) is 0 Å². The third kappa shape index (κ3) is 3.33. The number of fused-ring (bicyclic) bond motifs is 1. The summed E-state index contributed by atoms with van der Waals surface area (Å²) in [5.74, 6) is 1.18. The molecule has 3 rings (SSSR count). The zero-order chi connectivity index (χ0) is 14.2. The molecular formula is C16H22ClNOS. The SMILES string of the molecule is CC1(C)CC(NC2CCSc3ccc(Cl)cc32)CCO1. The minimum Gasteiger partial charge on any atom is -0.375 e. The molecular weight excluding hydrogens is 290 g/mol. The highest BCUT2D eigenvalue weighted by Crippen LogP contribution is 2.38. The Bertz CT molecular complexity index is 491. The molecule has 1 aromatic rings. The Hall–Kier alpha value is -0.220. The quantitative estimate of drug-likeness (QED) is 0.873. The Kier molecular flexibility index (Phi) is 4.32. The topological polar surface area (TPSA) is 21.3 Å². The van der Waals surface area contributed by atoms with Crippen molar-refractivity contribution in [3.63, 3.8) is 0 Å². The van der Waals surface area contributed by atoms with Crippen molar-refractivity contribution in [2.75, 3.05) is 12.4 Å². The molecule has 0 aromatic heterocycles. The minimum absolute atomic E-state index is 0.00348. The van der Waals surface area contributed by atoms with E-state index in [4.69, 9.17) is 16.3 Å². The number of hydrogen-bond acceptors (Lipinski definition) is 3. The van der Waals surface area contributed by atoms with Crippen LogP contribution in [0.3, 0.4) is 0 Å². The summed E-state index contributed by atoms with van der Waals surface area (Å²) in [6.07, 6.45) is 3.35. The van der Waals surface area contributed by atoms with Gasteiger partial charge in [0.25, 0.3) is 0 Å². The lowest BCUT2D eigenvalue weighted by Crippen LogP contribution is -2.45. The first-order chi connectivity index (χ1) is 9.53.